The Hall–Kier alpha value is -3.19. The molecule has 0 unspecified atom stereocenters. The highest BCUT2D eigenvalue weighted by molar-refractivity contribution is 6.33. The Balaban J connectivity index is 1.68. The summed E-state index contributed by atoms with van der Waals surface area (Å²) in [4.78, 5) is 18.5. The molecule has 8 heteroatoms. The summed E-state index contributed by atoms with van der Waals surface area (Å²) < 4.78 is 5.62. The Morgan fingerprint density at radius 1 is 1.12 bits per heavy atom. The van der Waals surface area contributed by atoms with Crippen LogP contribution in [0, 0.1) is 10.1 Å². The fourth-order valence-electron chi connectivity index (χ4n) is 2.11. The van der Waals surface area contributed by atoms with Gasteiger partial charge in [0.05, 0.1) is 9.95 Å². The summed E-state index contributed by atoms with van der Waals surface area (Å²) in [6.07, 6.45) is 4.14. The van der Waals surface area contributed by atoms with Crippen molar-refractivity contribution in [2.75, 3.05) is 5.32 Å². The van der Waals surface area contributed by atoms with Crippen molar-refractivity contribution in [1.29, 1.82) is 0 Å². The number of para-hydroxylation sites is 1. The molecule has 0 atom stereocenters. The molecule has 2 heterocycles. The van der Waals surface area contributed by atoms with Crippen LogP contribution in [0.5, 0.6) is 11.6 Å². The zero-order chi connectivity index (χ0) is 17.6. The third-order valence-corrected chi connectivity index (χ3v) is 3.60. The number of hydrogen-bond acceptors (Lipinski definition) is 6. The van der Waals surface area contributed by atoms with Crippen LogP contribution < -0.4 is 10.1 Å². The van der Waals surface area contributed by atoms with Gasteiger partial charge in [-0.25, -0.2) is 4.98 Å². The van der Waals surface area contributed by atoms with Gasteiger partial charge in [0.15, 0.2) is 0 Å². The number of halogens is 1. The van der Waals surface area contributed by atoms with E-state index < -0.39 is 4.92 Å². The minimum absolute atomic E-state index is 0.176. The van der Waals surface area contributed by atoms with Crippen molar-refractivity contribution in [3.05, 3.63) is 81.8 Å². The van der Waals surface area contributed by atoms with Gasteiger partial charge in [-0.2, -0.15) is 0 Å². The first-order valence-corrected chi connectivity index (χ1v) is 7.71. The second-order valence-electron chi connectivity index (χ2n) is 5.05. The predicted octanol–water partition coefficient (Wildman–Crippen LogP) is 4.44. The van der Waals surface area contributed by atoms with Gasteiger partial charge in [-0.3, -0.25) is 15.1 Å². The van der Waals surface area contributed by atoms with Crippen molar-refractivity contribution in [1.82, 2.24) is 9.97 Å². The lowest BCUT2D eigenvalue weighted by Crippen LogP contribution is -2.04. The van der Waals surface area contributed by atoms with E-state index in [0.29, 0.717) is 18.2 Å². The first kappa shape index (κ1) is 16.7. The topological polar surface area (TPSA) is 90.2 Å². The average Bonchev–Trinajstić information content (AvgIpc) is 2.62. The number of ether oxygens (including phenoxy) is 1. The monoisotopic (exact) mass is 356 g/mol. The molecular formula is C17H13ClN4O3. The Morgan fingerprint density at radius 2 is 1.92 bits per heavy atom. The van der Waals surface area contributed by atoms with Crippen LogP contribution in [0.25, 0.3) is 0 Å². The van der Waals surface area contributed by atoms with E-state index in [1.807, 2.05) is 36.4 Å². The standard InChI is InChI=1S/C17H13ClN4O3/c18-14-10-19-11-15(22(23)24)17(14)21-9-12-6-7-16(20-8-12)25-13-4-2-1-3-5-13/h1-8,10-11H,9H2,(H,19,21). The van der Waals surface area contributed by atoms with Crippen molar-refractivity contribution in [3.8, 4) is 11.6 Å². The number of benzene rings is 1. The van der Waals surface area contributed by atoms with E-state index in [2.05, 4.69) is 15.3 Å². The molecule has 0 aliphatic carbocycles. The Bertz CT molecular complexity index is 873. The summed E-state index contributed by atoms with van der Waals surface area (Å²) in [6.45, 7) is 0.323. The van der Waals surface area contributed by atoms with E-state index in [1.165, 1.54) is 6.20 Å². The lowest BCUT2D eigenvalue weighted by molar-refractivity contribution is -0.384. The SMILES string of the molecule is O=[N+]([O-])c1cncc(Cl)c1NCc1ccc(Oc2ccccc2)nc1. The second kappa shape index (κ2) is 7.59. The van der Waals surface area contributed by atoms with Crippen LogP contribution in [-0.2, 0) is 6.54 Å². The highest BCUT2D eigenvalue weighted by Gasteiger charge is 2.17. The number of aromatic nitrogens is 2. The van der Waals surface area contributed by atoms with Gasteiger partial charge in [0.2, 0.25) is 5.88 Å². The average molecular weight is 357 g/mol. The maximum Gasteiger partial charge on any atom is 0.311 e. The second-order valence-corrected chi connectivity index (χ2v) is 5.45. The van der Waals surface area contributed by atoms with Crippen LogP contribution in [0.3, 0.4) is 0 Å². The van der Waals surface area contributed by atoms with Crippen LogP contribution in [0.2, 0.25) is 5.02 Å². The number of nitrogens with zero attached hydrogens (tertiary/aromatic N) is 3. The summed E-state index contributed by atoms with van der Waals surface area (Å²) in [7, 11) is 0. The fourth-order valence-corrected chi connectivity index (χ4v) is 2.33. The van der Waals surface area contributed by atoms with Crippen LogP contribution in [-0.4, -0.2) is 14.9 Å². The largest absolute Gasteiger partial charge is 0.439 e. The molecule has 0 aliphatic heterocycles. The summed E-state index contributed by atoms with van der Waals surface area (Å²) in [6, 6.07) is 12.9. The van der Waals surface area contributed by atoms with Gasteiger partial charge < -0.3 is 10.1 Å². The van der Waals surface area contributed by atoms with Gasteiger partial charge in [-0.15, -0.1) is 0 Å². The van der Waals surface area contributed by atoms with E-state index >= 15 is 0 Å². The van der Waals surface area contributed by atoms with Crippen molar-refractivity contribution in [3.63, 3.8) is 0 Å². The molecule has 0 amide bonds. The molecule has 1 N–H and O–H groups in total. The van der Waals surface area contributed by atoms with Crippen molar-refractivity contribution >= 4 is 23.0 Å². The van der Waals surface area contributed by atoms with Crippen LogP contribution in [0.15, 0.2) is 61.1 Å². The Labute approximate surface area is 148 Å². The van der Waals surface area contributed by atoms with Crippen LogP contribution in [0.4, 0.5) is 11.4 Å². The molecule has 126 valence electrons. The smallest absolute Gasteiger partial charge is 0.311 e. The normalized spacial score (nSPS) is 10.3. The number of nitro groups is 1. The van der Waals surface area contributed by atoms with E-state index in [4.69, 9.17) is 16.3 Å². The van der Waals surface area contributed by atoms with E-state index in [0.717, 1.165) is 11.8 Å². The zero-order valence-corrected chi connectivity index (χ0v) is 13.7. The van der Waals surface area contributed by atoms with Crippen LogP contribution >= 0.6 is 11.6 Å². The molecule has 0 saturated heterocycles. The molecule has 7 nitrogen and oxygen atoms in total. The van der Waals surface area contributed by atoms with E-state index in [1.54, 1.807) is 12.3 Å². The molecule has 2 aromatic heterocycles. The highest BCUT2D eigenvalue weighted by Crippen LogP contribution is 2.31. The van der Waals surface area contributed by atoms with Crippen LogP contribution in [0.1, 0.15) is 5.56 Å². The number of anilines is 1. The summed E-state index contributed by atoms with van der Waals surface area (Å²) in [5.74, 6) is 1.16. The summed E-state index contributed by atoms with van der Waals surface area (Å²) >= 11 is 5.99. The Kier molecular flexibility index (Phi) is 5.06. The molecule has 0 fully saturated rings. The fraction of sp³-hybridized carbons (Fsp3) is 0.0588. The molecule has 0 aliphatic rings. The molecule has 3 aromatic rings. The summed E-state index contributed by atoms with van der Waals surface area (Å²) in [5, 5.41) is 14.2. The number of hydrogen-bond donors (Lipinski definition) is 1. The van der Waals surface area contributed by atoms with Crippen molar-refractivity contribution < 1.29 is 9.66 Å². The molecule has 0 bridgehead atoms. The molecule has 1 aromatic carbocycles. The molecular weight excluding hydrogens is 344 g/mol. The van der Waals surface area contributed by atoms with Gasteiger partial charge in [0.1, 0.15) is 17.6 Å². The van der Waals surface area contributed by atoms with Gasteiger partial charge in [-0.1, -0.05) is 35.9 Å². The zero-order valence-electron chi connectivity index (χ0n) is 12.9. The first-order valence-electron chi connectivity index (χ1n) is 7.33. The lowest BCUT2D eigenvalue weighted by Gasteiger charge is -2.09. The van der Waals surface area contributed by atoms with Gasteiger partial charge in [0, 0.05) is 25.0 Å². The Morgan fingerprint density at radius 3 is 2.60 bits per heavy atom. The van der Waals surface area contributed by atoms with E-state index in [-0.39, 0.29) is 16.4 Å². The number of nitrogens with one attached hydrogen (secondary N) is 1. The first-order chi connectivity index (χ1) is 12.1. The van der Waals surface area contributed by atoms with Gasteiger partial charge in [-0.05, 0) is 17.7 Å². The van der Waals surface area contributed by atoms with Gasteiger partial charge in [0.25, 0.3) is 0 Å². The molecule has 3 rings (SSSR count). The quantitative estimate of drug-likeness (QED) is 0.518. The minimum Gasteiger partial charge on any atom is -0.439 e. The maximum atomic E-state index is 11.0. The predicted molar refractivity (Wildman–Crippen MR) is 94.0 cm³/mol. The third-order valence-electron chi connectivity index (χ3n) is 3.31. The lowest BCUT2D eigenvalue weighted by atomic mass is 10.2. The number of pyridine rings is 2. The van der Waals surface area contributed by atoms with Crippen molar-refractivity contribution in [2.45, 2.75) is 6.54 Å². The molecule has 25 heavy (non-hydrogen) atoms. The maximum absolute atomic E-state index is 11.0. The third kappa shape index (κ3) is 4.21. The highest BCUT2D eigenvalue weighted by atomic mass is 35.5. The van der Waals surface area contributed by atoms with Gasteiger partial charge >= 0.3 is 5.69 Å². The van der Waals surface area contributed by atoms with E-state index in [9.17, 15) is 10.1 Å². The van der Waals surface area contributed by atoms with Crippen molar-refractivity contribution in [2.24, 2.45) is 0 Å². The summed E-state index contributed by atoms with van der Waals surface area (Å²) in [5.41, 5.74) is 0.873. The molecule has 0 radical (unpaired) electrons. The number of rotatable bonds is 6. The molecule has 0 saturated carbocycles. The minimum atomic E-state index is -0.531. The molecule has 0 spiro atoms.